The second-order valence-electron chi connectivity index (χ2n) is 8.91. The van der Waals surface area contributed by atoms with Crippen LogP contribution in [0.2, 0.25) is 0 Å². The molecule has 2 aromatic heterocycles. The van der Waals surface area contributed by atoms with Crippen LogP contribution in [0.1, 0.15) is 60.5 Å². The van der Waals surface area contributed by atoms with Crippen molar-refractivity contribution in [3.8, 4) is 5.75 Å². The van der Waals surface area contributed by atoms with Crippen LogP contribution in [-0.4, -0.2) is 43.9 Å². The number of rotatable bonds is 7. The minimum Gasteiger partial charge on any atom is -0.478 e. The summed E-state index contributed by atoms with van der Waals surface area (Å²) in [5.74, 6) is -4.60. The predicted octanol–water partition coefficient (Wildman–Crippen LogP) is 3.81. The number of hydrogen-bond donors (Lipinski definition) is 3. The van der Waals surface area contributed by atoms with E-state index < -0.39 is 41.8 Å². The molecular formula is C26H19F4N5O5. The fourth-order valence-corrected chi connectivity index (χ4v) is 4.46. The van der Waals surface area contributed by atoms with Gasteiger partial charge in [-0.2, -0.15) is 5.10 Å². The first-order valence-corrected chi connectivity index (χ1v) is 11.8. The maximum Gasteiger partial charge on any atom is 0.573 e. The lowest BCUT2D eigenvalue weighted by molar-refractivity contribution is -0.275. The van der Waals surface area contributed by atoms with Crippen molar-refractivity contribution in [3.63, 3.8) is 0 Å². The van der Waals surface area contributed by atoms with Gasteiger partial charge in [-0.25, -0.2) is 18.7 Å². The van der Waals surface area contributed by atoms with Gasteiger partial charge in [0.25, 0.3) is 11.8 Å². The average Bonchev–Trinajstić information content (AvgIpc) is 3.54. The van der Waals surface area contributed by atoms with E-state index in [0.29, 0.717) is 12.8 Å². The molecule has 0 saturated heterocycles. The highest BCUT2D eigenvalue weighted by molar-refractivity contribution is 5.98. The van der Waals surface area contributed by atoms with Gasteiger partial charge in [0.05, 0.1) is 17.8 Å². The Morgan fingerprint density at radius 3 is 2.62 bits per heavy atom. The summed E-state index contributed by atoms with van der Waals surface area (Å²) in [5.41, 5.74) is 1.91. The number of alkyl halides is 3. The van der Waals surface area contributed by atoms with Crippen molar-refractivity contribution in [2.24, 2.45) is 0 Å². The van der Waals surface area contributed by atoms with Crippen molar-refractivity contribution >= 4 is 23.4 Å². The Kier molecular flexibility index (Phi) is 6.83. The van der Waals surface area contributed by atoms with Crippen LogP contribution >= 0.6 is 0 Å². The third-order valence-electron chi connectivity index (χ3n) is 6.27. The SMILES string of the molecule is O=C(O)c1ccc2c(c1)CC[C@H]2NC(=O)c1cc(C(=O)NCc2ccc(F)c(OC(F)(F)F)c2)nc2ccnn12. The van der Waals surface area contributed by atoms with Crippen LogP contribution in [0.4, 0.5) is 17.6 Å². The van der Waals surface area contributed by atoms with E-state index in [1.807, 2.05) is 0 Å². The van der Waals surface area contributed by atoms with Crippen molar-refractivity contribution in [2.45, 2.75) is 31.8 Å². The molecule has 0 radical (unpaired) electrons. The van der Waals surface area contributed by atoms with E-state index in [2.05, 4.69) is 25.5 Å². The van der Waals surface area contributed by atoms with Gasteiger partial charge < -0.3 is 20.5 Å². The molecule has 1 aliphatic rings. The zero-order valence-electron chi connectivity index (χ0n) is 20.3. The van der Waals surface area contributed by atoms with Crippen LogP contribution in [-0.2, 0) is 13.0 Å². The van der Waals surface area contributed by atoms with Crippen LogP contribution in [0.3, 0.4) is 0 Å². The Bertz CT molecular complexity index is 1650. The van der Waals surface area contributed by atoms with E-state index in [1.165, 1.54) is 35.0 Å². The van der Waals surface area contributed by atoms with Gasteiger partial charge in [0.15, 0.2) is 17.2 Å². The molecule has 0 aliphatic heterocycles. The summed E-state index contributed by atoms with van der Waals surface area (Å²) >= 11 is 0. The van der Waals surface area contributed by atoms with Gasteiger partial charge in [-0.05, 0) is 53.8 Å². The Balaban J connectivity index is 1.33. The molecule has 1 atom stereocenters. The molecule has 14 heteroatoms. The predicted molar refractivity (Wildman–Crippen MR) is 129 cm³/mol. The second-order valence-corrected chi connectivity index (χ2v) is 8.91. The molecule has 0 saturated carbocycles. The zero-order chi connectivity index (χ0) is 28.6. The van der Waals surface area contributed by atoms with E-state index in [9.17, 15) is 37.1 Å². The largest absolute Gasteiger partial charge is 0.573 e. The van der Waals surface area contributed by atoms with Crippen molar-refractivity contribution in [1.29, 1.82) is 0 Å². The molecule has 4 aromatic rings. The number of fused-ring (bicyclic) bond motifs is 2. The number of halogens is 4. The third-order valence-corrected chi connectivity index (χ3v) is 6.27. The standard InChI is InChI=1S/C26H19F4N5O5/c27-17-5-1-13(9-21(17)40-26(28,29)30)12-31-23(36)19-11-20(35-22(33-19)7-8-32-35)24(37)34-18-6-3-14-10-15(25(38)39)2-4-16(14)18/h1-2,4-5,7-11,18H,3,6,12H2,(H,31,36)(H,34,37)(H,38,39)/t18-/m1/s1. The molecule has 5 rings (SSSR count). The summed E-state index contributed by atoms with van der Waals surface area (Å²) in [6.07, 6.45) is -2.59. The number of ether oxygens (including phenoxy) is 1. The van der Waals surface area contributed by atoms with Gasteiger partial charge in [-0.1, -0.05) is 12.1 Å². The summed E-state index contributed by atoms with van der Waals surface area (Å²) in [4.78, 5) is 41.6. The molecule has 0 bridgehead atoms. The average molecular weight is 557 g/mol. The lowest BCUT2D eigenvalue weighted by atomic mass is 10.0. The molecular weight excluding hydrogens is 538 g/mol. The van der Waals surface area contributed by atoms with Crippen molar-refractivity contribution in [2.75, 3.05) is 0 Å². The third kappa shape index (κ3) is 5.55. The molecule has 0 fully saturated rings. The number of amides is 2. The maximum atomic E-state index is 13.7. The highest BCUT2D eigenvalue weighted by Crippen LogP contribution is 2.32. The zero-order valence-corrected chi connectivity index (χ0v) is 20.3. The Morgan fingerprint density at radius 1 is 1.07 bits per heavy atom. The fourth-order valence-electron chi connectivity index (χ4n) is 4.46. The lowest BCUT2D eigenvalue weighted by Crippen LogP contribution is -2.30. The number of carboxylic acid groups (broad SMARTS) is 1. The van der Waals surface area contributed by atoms with Crippen molar-refractivity contribution < 1.29 is 41.8 Å². The number of nitrogens with zero attached hydrogens (tertiary/aromatic N) is 3. The lowest BCUT2D eigenvalue weighted by Gasteiger charge is -2.15. The minimum atomic E-state index is -5.09. The molecule has 0 unspecified atom stereocenters. The summed E-state index contributed by atoms with van der Waals surface area (Å²) in [5, 5.41) is 18.7. The molecule has 2 aromatic carbocycles. The van der Waals surface area contributed by atoms with Gasteiger partial charge in [-0.15, -0.1) is 13.2 Å². The van der Waals surface area contributed by atoms with Gasteiger partial charge in [0.1, 0.15) is 11.4 Å². The summed E-state index contributed by atoms with van der Waals surface area (Å²) in [6, 6.07) is 9.78. The summed E-state index contributed by atoms with van der Waals surface area (Å²) in [6.45, 7) is -0.280. The van der Waals surface area contributed by atoms with Crippen LogP contribution in [0.15, 0.2) is 54.7 Å². The number of benzene rings is 2. The van der Waals surface area contributed by atoms with E-state index in [1.54, 1.807) is 12.1 Å². The van der Waals surface area contributed by atoms with Gasteiger partial charge >= 0.3 is 12.3 Å². The Hall–Kier alpha value is -5.01. The van der Waals surface area contributed by atoms with E-state index >= 15 is 0 Å². The Labute approximate surface area is 222 Å². The first kappa shape index (κ1) is 26.6. The summed E-state index contributed by atoms with van der Waals surface area (Å²) in [7, 11) is 0. The Morgan fingerprint density at radius 2 is 1.88 bits per heavy atom. The van der Waals surface area contributed by atoms with Crippen LogP contribution in [0.5, 0.6) is 5.75 Å². The van der Waals surface area contributed by atoms with Gasteiger partial charge in [-0.3, -0.25) is 9.59 Å². The van der Waals surface area contributed by atoms with Gasteiger partial charge in [0, 0.05) is 18.7 Å². The summed E-state index contributed by atoms with van der Waals surface area (Å²) < 4.78 is 56.1. The highest BCUT2D eigenvalue weighted by atomic mass is 19.4. The fraction of sp³-hybridized carbons (Fsp3) is 0.192. The monoisotopic (exact) mass is 557 g/mol. The quantitative estimate of drug-likeness (QED) is 0.294. The second kappa shape index (κ2) is 10.3. The first-order valence-electron chi connectivity index (χ1n) is 11.8. The first-order chi connectivity index (χ1) is 19.0. The normalized spacial score (nSPS) is 14.6. The number of carbonyl (C=O) groups excluding carboxylic acids is 2. The number of hydrogen-bond acceptors (Lipinski definition) is 6. The molecule has 1 aliphatic carbocycles. The van der Waals surface area contributed by atoms with E-state index in [4.69, 9.17) is 0 Å². The minimum absolute atomic E-state index is 0.00148. The molecule has 2 heterocycles. The smallest absolute Gasteiger partial charge is 0.478 e. The van der Waals surface area contributed by atoms with Crippen LogP contribution in [0.25, 0.3) is 5.65 Å². The molecule has 3 N–H and O–H groups in total. The highest BCUT2D eigenvalue weighted by Gasteiger charge is 2.32. The molecule has 40 heavy (non-hydrogen) atoms. The maximum absolute atomic E-state index is 13.7. The van der Waals surface area contributed by atoms with E-state index in [0.717, 1.165) is 23.3 Å². The number of nitrogens with one attached hydrogen (secondary N) is 2. The molecule has 2 amide bonds. The van der Waals surface area contributed by atoms with Crippen molar-refractivity contribution in [3.05, 3.63) is 94.2 Å². The van der Waals surface area contributed by atoms with E-state index in [-0.39, 0.29) is 34.7 Å². The number of aryl methyl sites for hydroxylation is 1. The number of carboxylic acids is 1. The number of carbonyl (C=O) groups is 3. The van der Waals surface area contributed by atoms with Gasteiger partial charge in [0.2, 0.25) is 0 Å². The number of aromatic nitrogens is 3. The van der Waals surface area contributed by atoms with Crippen molar-refractivity contribution in [1.82, 2.24) is 25.2 Å². The molecule has 0 spiro atoms. The number of aromatic carboxylic acids is 1. The topological polar surface area (TPSA) is 135 Å². The van der Waals surface area contributed by atoms with Crippen LogP contribution in [0, 0.1) is 5.82 Å². The molecule has 206 valence electrons. The van der Waals surface area contributed by atoms with Crippen LogP contribution < -0.4 is 15.4 Å². The molecule has 10 nitrogen and oxygen atoms in total.